The fraction of sp³-hybridized carbons (Fsp3) is 0.400. The molecule has 0 saturated carbocycles. The Morgan fingerprint density at radius 3 is 2.43 bits per heavy atom. The van der Waals surface area contributed by atoms with Crippen molar-refractivity contribution < 1.29 is 4.79 Å². The summed E-state index contributed by atoms with van der Waals surface area (Å²) in [4.78, 5) is 20.4. The Kier molecular flexibility index (Phi) is 3.97. The SMILES string of the molecule is C/C(=N\C(=O)C(C)(C)C)c1ccc(-c2cn(C)nn2)nc1. The van der Waals surface area contributed by atoms with Gasteiger partial charge in [0, 0.05) is 29.9 Å². The van der Waals surface area contributed by atoms with Crippen molar-refractivity contribution in [2.24, 2.45) is 17.5 Å². The molecule has 0 radical (unpaired) electrons. The summed E-state index contributed by atoms with van der Waals surface area (Å²) in [6.07, 6.45) is 3.49. The van der Waals surface area contributed by atoms with Crippen molar-refractivity contribution in [1.29, 1.82) is 0 Å². The van der Waals surface area contributed by atoms with Crippen LogP contribution in [0.1, 0.15) is 33.3 Å². The van der Waals surface area contributed by atoms with E-state index >= 15 is 0 Å². The first-order valence-corrected chi connectivity index (χ1v) is 6.70. The fourth-order valence-corrected chi connectivity index (χ4v) is 1.61. The number of rotatable bonds is 2. The van der Waals surface area contributed by atoms with Gasteiger partial charge < -0.3 is 0 Å². The quantitative estimate of drug-likeness (QED) is 0.793. The van der Waals surface area contributed by atoms with Crippen LogP contribution in [0.25, 0.3) is 11.4 Å². The number of pyridine rings is 1. The molecule has 2 aromatic heterocycles. The van der Waals surface area contributed by atoms with E-state index in [0.717, 1.165) is 11.3 Å². The van der Waals surface area contributed by atoms with Crippen LogP contribution in [-0.2, 0) is 11.8 Å². The zero-order valence-corrected chi connectivity index (χ0v) is 13.0. The van der Waals surface area contributed by atoms with Crippen molar-refractivity contribution in [1.82, 2.24) is 20.0 Å². The molecule has 0 N–H and O–H groups in total. The predicted molar refractivity (Wildman–Crippen MR) is 80.9 cm³/mol. The number of hydrogen-bond donors (Lipinski definition) is 0. The summed E-state index contributed by atoms with van der Waals surface area (Å²) < 4.78 is 1.62. The van der Waals surface area contributed by atoms with Gasteiger partial charge >= 0.3 is 0 Å². The molecule has 2 heterocycles. The summed E-state index contributed by atoms with van der Waals surface area (Å²) in [5.74, 6) is -0.141. The molecule has 0 aromatic carbocycles. The third kappa shape index (κ3) is 3.59. The van der Waals surface area contributed by atoms with Crippen LogP contribution < -0.4 is 0 Å². The third-order valence-electron chi connectivity index (χ3n) is 2.96. The molecule has 110 valence electrons. The van der Waals surface area contributed by atoms with E-state index in [1.54, 1.807) is 24.1 Å². The zero-order chi connectivity index (χ0) is 15.6. The molecule has 21 heavy (non-hydrogen) atoms. The largest absolute Gasteiger partial charge is 0.272 e. The highest BCUT2D eigenvalue weighted by Gasteiger charge is 2.20. The number of amides is 1. The molecule has 2 aromatic rings. The number of aliphatic imine (C=N–C) groups is 1. The molecule has 0 saturated heterocycles. The summed E-state index contributed by atoms with van der Waals surface area (Å²) in [7, 11) is 1.81. The number of aromatic nitrogens is 4. The second-order valence-corrected chi connectivity index (χ2v) is 5.96. The van der Waals surface area contributed by atoms with Gasteiger partial charge in [-0.15, -0.1) is 5.10 Å². The van der Waals surface area contributed by atoms with Crippen LogP contribution in [0.15, 0.2) is 29.5 Å². The van der Waals surface area contributed by atoms with E-state index in [4.69, 9.17) is 0 Å². The third-order valence-corrected chi connectivity index (χ3v) is 2.96. The maximum absolute atomic E-state index is 11.9. The lowest BCUT2D eigenvalue weighted by atomic mass is 9.96. The smallest absolute Gasteiger partial charge is 0.251 e. The molecule has 0 aliphatic carbocycles. The molecule has 0 atom stereocenters. The Hall–Kier alpha value is -2.37. The van der Waals surface area contributed by atoms with Crippen LogP contribution in [0.2, 0.25) is 0 Å². The number of nitrogens with zero attached hydrogens (tertiary/aromatic N) is 5. The Morgan fingerprint density at radius 2 is 1.95 bits per heavy atom. The van der Waals surface area contributed by atoms with Crippen LogP contribution in [0.4, 0.5) is 0 Å². The molecule has 0 fully saturated rings. The minimum atomic E-state index is -0.478. The molecule has 1 amide bonds. The van der Waals surface area contributed by atoms with Crippen molar-refractivity contribution in [3.63, 3.8) is 0 Å². The molecule has 0 bridgehead atoms. The van der Waals surface area contributed by atoms with Gasteiger partial charge in [-0.25, -0.2) is 4.99 Å². The van der Waals surface area contributed by atoms with E-state index in [-0.39, 0.29) is 5.91 Å². The van der Waals surface area contributed by atoms with Crippen molar-refractivity contribution in [2.75, 3.05) is 0 Å². The molecule has 2 rings (SSSR count). The van der Waals surface area contributed by atoms with Gasteiger partial charge in [-0.3, -0.25) is 14.5 Å². The molecule has 0 aliphatic heterocycles. The lowest BCUT2D eigenvalue weighted by Crippen LogP contribution is -2.19. The Morgan fingerprint density at radius 1 is 1.24 bits per heavy atom. The molecular formula is C15H19N5O. The van der Waals surface area contributed by atoms with Crippen molar-refractivity contribution in [3.8, 4) is 11.4 Å². The molecule has 0 aliphatic rings. The highest BCUT2D eigenvalue weighted by molar-refractivity contribution is 6.05. The number of carbonyl (C=O) groups excluding carboxylic acids is 1. The topological polar surface area (TPSA) is 73.0 Å². The Bertz CT molecular complexity index is 677. The van der Waals surface area contributed by atoms with Crippen molar-refractivity contribution >= 4 is 11.6 Å². The van der Waals surface area contributed by atoms with E-state index in [9.17, 15) is 4.79 Å². The van der Waals surface area contributed by atoms with Crippen LogP contribution in [0.3, 0.4) is 0 Å². The van der Waals surface area contributed by atoms with Gasteiger partial charge in [0.15, 0.2) is 0 Å². The van der Waals surface area contributed by atoms with E-state index < -0.39 is 5.41 Å². The second kappa shape index (κ2) is 5.55. The average Bonchev–Trinajstić information content (AvgIpc) is 2.84. The number of carbonyl (C=O) groups is 1. The molecule has 0 unspecified atom stereocenters. The standard InChI is InChI=1S/C15H19N5O/c1-10(17-14(21)15(2,3)4)11-6-7-12(16-8-11)13-9-20(5)19-18-13/h6-9H,1-5H3/b17-10+. The highest BCUT2D eigenvalue weighted by Crippen LogP contribution is 2.17. The van der Waals surface area contributed by atoms with Gasteiger partial charge in [0.05, 0.1) is 11.9 Å². The maximum Gasteiger partial charge on any atom is 0.251 e. The van der Waals surface area contributed by atoms with Crippen LogP contribution >= 0.6 is 0 Å². The summed E-state index contributed by atoms with van der Waals surface area (Å²) in [5, 5.41) is 7.88. The van der Waals surface area contributed by atoms with Crippen molar-refractivity contribution in [2.45, 2.75) is 27.7 Å². The van der Waals surface area contributed by atoms with Crippen LogP contribution in [-0.4, -0.2) is 31.6 Å². The first kappa shape index (κ1) is 15.0. The second-order valence-electron chi connectivity index (χ2n) is 5.96. The van der Waals surface area contributed by atoms with Gasteiger partial charge in [-0.2, -0.15) is 0 Å². The van der Waals surface area contributed by atoms with Gasteiger partial charge in [-0.05, 0) is 19.1 Å². The summed E-state index contributed by atoms with van der Waals surface area (Å²) in [5.41, 5.74) is 2.45. The summed E-state index contributed by atoms with van der Waals surface area (Å²) in [6.45, 7) is 7.35. The first-order valence-electron chi connectivity index (χ1n) is 6.70. The van der Waals surface area contributed by atoms with E-state index in [0.29, 0.717) is 11.4 Å². The van der Waals surface area contributed by atoms with Gasteiger partial charge in [0.25, 0.3) is 5.91 Å². The number of hydrogen-bond acceptors (Lipinski definition) is 4. The van der Waals surface area contributed by atoms with Crippen LogP contribution in [0.5, 0.6) is 0 Å². The van der Waals surface area contributed by atoms with Crippen LogP contribution in [0, 0.1) is 5.41 Å². The molecular weight excluding hydrogens is 266 g/mol. The van der Waals surface area contributed by atoms with E-state index in [1.807, 2.05) is 39.8 Å². The summed E-state index contributed by atoms with van der Waals surface area (Å²) >= 11 is 0. The Labute approximate surface area is 123 Å². The summed E-state index contributed by atoms with van der Waals surface area (Å²) in [6, 6.07) is 3.73. The average molecular weight is 285 g/mol. The maximum atomic E-state index is 11.9. The lowest BCUT2D eigenvalue weighted by molar-refractivity contribution is -0.124. The highest BCUT2D eigenvalue weighted by atomic mass is 16.1. The van der Waals surface area contributed by atoms with E-state index in [1.165, 1.54) is 0 Å². The predicted octanol–water partition coefficient (Wildman–Crippen LogP) is 2.26. The van der Waals surface area contributed by atoms with E-state index in [2.05, 4.69) is 20.3 Å². The van der Waals surface area contributed by atoms with Gasteiger partial charge in [0.2, 0.25) is 0 Å². The molecule has 6 nitrogen and oxygen atoms in total. The normalized spacial score (nSPS) is 12.5. The van der Waals surface area contributed by atoms with Gasteiger partial charge in [-0.1, -0.05) is 26.0 Å². The number of aryl methyl sites for hydroxylation is 1. The van der Waals surface area contributed by atoms with Crippen molar-refractivity contribution in [3.05, 3.63) is 30.1 Å². The first-order chi connectivity index (χ1) is 9.77. The minimum Gasteiger partial charge on any atom is -0.272 e. The zero-order valence-electron chi connectivity index (χ0n) is 13.0. The molecule has 0 spiro atoms. The minimum absolute atomic E-state index is 0.141. The monoisotopic (exact) mass is 285 g/mol. The molecule has 6 heteroatoms. The fourth-order valence-electron chi connectivity index (χ4n) is 1.61. The van der Waals surface area contributed by atoms with Gasteiger partial charge in [0.1, 0.15) is 5.69 Å². The Balaban J connectivity index is 2.23. The lowest BCUT2D eigenvalue weighted by Gasteiger charge is -2.13.